The van der Waals surface area contributed by atoms with Gasteiger partial charge in [-0.15, -0.1) is 0 Å². The van der Waals surface area contributed by atoms with Crippen LogP contribution in [0, 0.1) is 5.82 Å². The Labute approximate surface area is 118 Å². The van der Waals surface area contributed by atoms with Gasteiger partial charge in [0.15, 0.2) is 0 Å². The summed E-state index contributed by atoms with van der Waals surface area (Å²) in [5.41, 5.74) is 0.271. The molecule has 0 spiro atoms. The zero-order valence-corrected chi connectivity index (χ0v) is 10.9. The molecule has 0 bridgehead atoms. The molecule has 0 fully saturated rings. The predicted molar refractivity (Wildman–Crippen MR) is 71.4 cm³/mol. The number of halogens is 2. The monoisotopic (exact) mass is 296 g/mol. The summed E-state index contributed by atoms with van der Waals surface area (Å²) < 4.78 is 14.4. The van der Waals surface area contributed by atoms with Crippen LogP contribution in [0.25, 0.3) is 0 Å². The fraction of sp³-hybridized carbons (Fsp3) is 0.0769. The first-order valence-electron chi connectivity index (χ1n) is 5.60. The molecule has 5 nitrogen and oxygen atoms in total. The predicted octanol–water partition coefficient (Wildman–Crippen LogP) is 2.62. The van der Waals surface area contributed by atoms with Gasteiger partial charge in [0.2, 0.25) is 0 Å². The van der Waals surface area contributed by atoms with Crippen LogP contribution in [0.3, 0.4) is 0 Å². The summed E-state index contributed by atoms with van der Waals surface area (Å²) in [7, 11) is 0. The molecular formula is C13H10ClFN2O3. The molecule has 1 amide bonds. The van der Waals surface area contributed by atoms with Gasteiger partial charge in [-0.25, -0.2) is 4.39 Å². The number of hydrogen-bond acceptors (Lipinski definition) is 2. The largest absolute Gasteiger partial charge is 0.480 e. The number of aliphatic carboxylic acids is 1. The average Bonchev–Trinajstić information content (AvgIpc) is 2.81. The summed E-state index contributed by atoms with van der Waals surface area (Å²) >= 11 is 5.84. The molecule has 0 saturated carbocycles. The topological polar surface area (TPSA) is 71.3 Å². The molecule has 0 saturated heterocycles. The molecule has 0 aliphatic rings. The van der Waals surface area contributed by atoms with Gasteiger partial charge in [-0.05, 0) is 30.3 Å². The second kappa shape index (κ2) is 5.75. The van der Waals surface area contributed by atoms with Crippen LogP contribution in [0.15, 0.2) is 36.5 Å². The molecule has 2 aromatic rings. The van der Waals surface area contributed by atoms with E-state index in [1.165, 1.54) is 29.0 Å². The molecular weight excluding hydrogens is 287 g/mol. The molecule has 2 rings (SSSR count). The van der Waals surface area contributed by atoms with E-state index in [0.29, 0.717) is 0 Å². The summed E-state index contributed by atoms with van der Waals surface area (Å²) in [5.74, 6) is -2.17. The van der Waals surface area contributed by atoms with Crippen LogP contribution in [-0.2, 0) is 11.3 Å². The summed E-state index contributed by atoms with van der Waals surface area (Å²) in [6.45, 7) is -0.341. The van der Waals surface area contributed by atoms with E-state index in [1.54, 1.807) is 6.07 Å². The summed E-state index contributed by atoms with van der Waals surface area (Å²) in [6, 6.07) is 6.59. The lowest BCUT2D eigenvalue weighted by atomic mass is 10.3. The van der Waals surface area contributed by atoms with Gasteiger partial charge in [0.25, 0.3) is 5.91 Å². The molecule has 1 aromatic heterocycles. The molecule has 104 valence electrons. The average molecular weight is 297 g/mol. The van der Waals surface area contributed by atoms with Gasteiger partial charge in [0, 0.05) is 6.20 Å². The molecule has 0 atom stereocenters. The van der Waals surface area contributed by atoms with Crippen molar-refractivity contribution in [2.24, 2.45) is 0 Å². The Morgan fingerprint density at radius 3 is 2.80 bits per heavy atom. The highest BCUT2D eigenvalue weighted by molar-refractivity contribution is 6.33. The second-order valence-electron chi connectivity index (χ2n) is 3.99. The molecule has 2 N–H and O–H groups in total. The number of amides is 1. The highest BCUT2D eigenvalue weighted by atomic mass is 35.5. The number of nitrogens with one attached hydrogen (secondary N) is 1. The van der Waals surface area contributed by atoms with E-state index in [4.69, 9.17) is 16.7 Å². The van der Waals surface area contributed by atoms with Crippen LogP contribution in [-0.4, -0.2) is 21.6 Å². The lowest BCUT2D eigenvalue weighted by molar-refractivity contribution is -0.137. The minimum atomic E-state index is -1.07. The minimum absolute atomic E-state index is 0.125. The van der Waals surface area contributed by atoms with Gasteiger partial charge in [-0.2, -0.15) is 0 Å². The van der Waals surface area contributed by atoms with Crippen molar-refractivity contribution in [2.75, 3.05) is 5.32 Å². The Balaban J connectivity index is 2.22. The van der Waals surface area contributed by atoms with Crippen molar-refractivity contribution in [3.8, 4) is 0 Å². The first-order chi connectivity index (χ1) is 9.47. The Morgan fingerprint density at radius 2 is 2.10 bits per heavy atom. The van der Waals surface area contributed by atoms with E-state index in [0.717, 1.165) is 6.07 Å². The number of hydrogen-bond donors (Lipinski definition) is 2. The SMILES string of the molecule is O=C(O)Cn1cccc1C(=O)Nc1cc(F)ccc1Cl. The number of benzene rings is 1. The molecule has 20 heavy (non-hydrogen) atoms. The standard InChI is InChI=1S/C13H10ClFN2O3/c14-9-4-3-8(15)6-10(9)16-13(20)11-2-1-5-17(11)7-12(18)19/h1-6H,7H2,(H,16,20)(H,18,19). The highest BCUT2D eigenvalue weighted by Crippen LogP contribution is 2.23. The molecule has 0 aliphatic heterocycles. The smallest absolute Gasteiger partial charge is 0.323 e. The van der Waals surface area contributed by atoms with Crippen molar-refractivity contribution >= 4 is 29.2 Å². The van der Waals surface area contributed by atoms with Gasteiger partial charge in [-0.3, -0.25) is 9.59 Å². The normalized spacial score (nSPS) is 10.3. The van der Waals surface area contributed by atoms with Crippen LogP contribution in [0.5, 0.6) is 0 Å². The number of carbonyl (C=O) groups is 2. The number of carbonyl (C=O) groups excluding carboxylic acids is 1. The number of aromatic nitrogens is 1. The molecule has 7 heteroatoms. The van der Waals surface area contributed by atoms with Crippen molar-refractivity contribution in [3.05, 3.63) is 53.1 Å². The van der Waals surface area contributed by atoms with Crippen LogP contribution in [0.2, 0.25) is 5.02 Å². The van der Waals surface area contributed by atoms with E-state index in [9.17, 15) is 14.0 Å². The van der Waals surface area contributed by atoms with Gasteiger partial charge in [0.1, 0.15) is 18.1 Å². The lowest BCUT2D eigenvalue weighted by Crippen LogP contribution is -2.19. The first-order valence-corrected chi connectivity index (χ1v) is 5.98. The molecule has 1 aromatic carbocycles. The second-order valence-corrected chi connectivity index (χ2v) is 4.40. The number of nitrogens with zero attached hydrogens (tertiary/aromatic N) is 1. The lowest BCUT2D eigenvalue weighted by Gasteiger charge is -2.09. The van der Waals surface area contributed by atoms with E-state index in [2.05, 4.69) is 5.32 Å². The van der Waals surface area contributed by atoms with Gasteiger partial charge >= 0.3 is 5.97 Å². The van der Waals surface area contributed by atoms with Crippen molar-refractivity contribution in [1.29, 1.82) is 0 Å². The van der Waals surface area contributed by atoms with Crippen molar-refractivity contribution < 1.29 is 19.1 Å². The van der Waals surface area contributed by atoms with Crippen LogP contribution in [0.1, 0.15) is 10.5 Å². The maximum atomic E-state index is 13.1. The summed E-state index contributed by atoms with van der Waals surface area (Å²) in [4.78, 5) is 22.7. The van der Waals surface area contributed by atoms with E-state index in [-0.39, 0.29) is 22.9 Å². The summed E-state index contributed by atoms with van der Waals surface area (Å²) in [6.07, 6.45) is 1.47. The van der Waals surface area contributed by atoms with Gasteiger partial charge < -0.3 is 15.0 Å². The third kappa shape index (κ3) is 3.16. The number of carboxylic acid groups (broad SMARTS) is 1. The Morgan fingerprint density at radius 1 is 1.35 bits per heavy atom. The minimum Gasteiger partial charge on any atom is -0.480 e. The molecule has 0 unspecified atom stereocenters. The Hall–Kier alpha value is -2.34. The number of carboxylic acids is 1. The van der Waals surface area contributed by atoms with Gasteiger partial charge in [-0.1, -0.05) is 11.6 Å². The van der Waals surface area contributed by atoms with Crippen molar-refractivity contribution in [1.82, 2.24) is 4.57 Å². The third-order valence-electron chi connectivity index (χ3n) is 2.54. The fourth-order valence-corrected chi connectivity index (χ4v) is 1.85. The Bertz CT molecular complexity index is 669. The number of anilines is 1. The van der Waals surface area contributed by atoms with Crippen molar-refractivity contribution in [3.63, 3.8) is 0 Å². The van der Waals surface area contributed by atoms with Crippen LogP contribution in [0.4, 0.5) is 10.1 Å². The quantitative estimate of drug-likeness (QED) is 0.911. The Kier molecular flexibility index (Phi) is 4.05. The molecule has 0 aliphatic carbocycles. The molecule has 1 heterocycles. The zero-order chi connectivity index (χ0) is 14.7. The van der Waals surface area contributed by atoms with E-state index < -0.39 is 17.7 Å². The maximum Gasteiger partial charge on any atom is 0.323 e. The molecule has 0 radical (unpaired) electrons. The summed E-state index contributed by atoms with van der Waals surface area (Å²) in [5, 5.41) is 11.4. The maximum absolute atomic E-state index is 13.1. The van der Waals surface area contributed by atoms with E-state index >= 15 is 0 Å². The van der Waals surface area contributed by atoms with E-state index in [1.807, 2.05) is 0 Å². The van der Waals surface area contributed by atoms with Crippen LogP contribution < -0.4 is 5.32 Å². The fourth-order valence-electron chi connectivity index (χ4n) is 1.68. The van der Waals surface area contributed by atoms with Crippen LogP contribution >= 0.6 is 11.6 Å². The van der Waals surface area contributed by atoms with Crippen molar-refractivity contribution in [2.45, 2.75) is 6.54 Å². The van der Waals surface area contributed by atoms with Gasteiger partial charge in [0.05, 0.1) is 10.7 Å². The first kappa shape index (κ1) is 14.1. The zero-order valence-electron chi connectivity index (χ0n) is 10.1. The number of rotatable bonds is 4. The third-order valence-corrected chi connectivity index (χ3v) is 2.87. The highest BCUT2D eigenvalue weighted by Gasteiger charge is 2.14.